The number of carboxylic acids is 1. The van der Waals surface area contributed by atoms with Gasteiger partial charge in [-0.1, -0.05) is 0 Å². The average molecular weight is 288 g/mol. The molecule has 116 valence electrons. The Kier molecular flexibility index (Phi) is 5.76. The molecular formula is C13H24N2O5. The average Bonchev–Trinajstić information content (AvgIpc) is 2.84. The molecular weight excluding hydrogens is 264 g/mol. The van der Waals surface area contributed by atoms with Gasteiger partial charge >= 0.3 is 12.0 Å². The van der Waals surface area contributed by atoms with Crippen LogP contribution in [0.2, 0.25) is 0 Å². The third-order valence-corrected chi connectivity index (χ3v) is 3.39. The molecule has 0 radical (unpaired) electrons. The topological polar surface area (TPSA) is 88.1 Å². The van der Waals surface area contributed by atoms with Crippen LogP contribution in [0.4, 0.5) is 4.79 Å². The third-order valence-electron chi connectivity index (χ3n) is 3.39. The lowest BCUT2D eigenvalue weighted by Gasteiger charge is -2.29. The van der Waals surface area contributed by atoms with E-state index in [4.69, 9.17) is 14.6 Å². The number of likely N-dealkylation sites (N-methyl/N-ethyl adjacent to an activating group) is 1. The summed E-state index contributed by atoms with van der Waals surface area (Å²) in [5.41, 5.74) is -0.455. The van der Waals surface area contributed by atoms with Crippen molar-refractivity contribution in [1.29, 1.82) is 0 Å². The Labute approximate surface area is 119 Å². The Morgan fingerprint density at radius 2 is 2.10 bits per heavy atom. The number of amides is 2. The molecule has 2 N–H and O–H groups in total. The van der Waals surface area contributed by atoms with E-state index in [2.05, 4.69) is 5.32 Å². The minimum atomic E-state index is -0.943. The fourth-order valence-electron chi connectivity index (χ4n) is 2.17. The van der Waals surface area contributed by atoms with Gasteiger partial charge < -0.3 is 24.8 Å². The maximum absolute atomic E-state index is 12.1. The first-order valence-electron chi connectivity index (χ1n) is 6.73. The molecule has 1 saturated heterocycles. The highest BCUT2D eigenvalue weighted by Crippen LogP contribution is 2.19. The molecule has 2 atom stereocenters. The summed E-state index contributed by atoms with van der Waals surface area (Å²) in [4.78, 5) is 24.5. The molecule has 1 rings (SSSR count). The van der Waals surface area contributed by atoms with Crippen LogP contribution in [0, 0.1) is 5.92 Å². The van der Waals surface area contributed by atoms with Gasteiger partial charge in [-0.15, -0.1) is 0 Å². The smallest absolute Gasteiger partial charge is 0.317 e. The summed E-state index contributed by atoms with van der Waals surface area (Å²) in [7, 11) is 1.58. The number of ether oxygens (including phenoxy) is 2. The molecule has 2 amide bonds. The zero-order chi connectivity index (χ0) is 15.3. The fraction of sp³-hybridized carbons (Fsp3) is 0.846. The second kappa shape index (κ2) is 6.90. The predicted molar refractivity (Wildman–Crippen MR) is 72.6 cm³/mol. The highest BCUT2D eigenvalue weighted by molar-refractivity contribution is 5.77. The van der Waals surface area contributed by atoms with E-state index in [9.17, 15) is 9.59 Å². The lowest BCUT2D eigenvalue weighted by atomic mass is 10.0. The van der Waals surface area contributed by atoms with E-state index in [1.807, 2.05) is 20.8 Å². The normalized spacial score (nSPS) is 22.6. The number of carbonyl (C=O) groups excluding carboxylic acids is 1. The standard InChI is InChI=1S/C13H24N2O5/c1-5-20-13(2,3)8-14-12(18)15(4)10-7-19-6-9(10)11(16)17/h9-10H,5-8H2,1-4H3,(H,14,18)(H,16,17). The number of hydrogen-bond acceptors (Lipinski definition) is 4. The molecule has 20 heavy (non-hydrogen) atoms. The zero-order valence-corrected chi connectivity index (χ0v) is 12.5. The number of carbonyl (C=O) groups is 2. The number of nitrogens with zero attached hydrogens (tertiary/aromatic N) is 1. The van der Waals surface area contributed by atoms with E-state index in [1.165, 1.54) is 4.90 Å². The van der Waals surface area contributed by atoms with Crippen LogP contribution in [0.1, 0.15) is 20.8 Å². The molecule has 0 aromatic heterocycles. The summed E-state index contributed by atoms with van der Waals surface area (Å²) in [6.07, 6.45) is 0. The molecule has 0 spiro atoms. The van der Waals surface area contributed by atoms with Crippen LogP contribution < -0.4 is 5.32 Å². The van der Waals surface area contributed by atoms with Gasteiger partial charge in [-0.3, -0.25) is 4.79 Å². The zero-order valence-electron chi connectivity index (χ0n) is 12.5. The van der Waals surface area contributed by atoms with Crippen LogP contribution in [0.3, 0.4) is 0 Å². The van der Waals surface area contributed by atoms with Crippen molar-refractivity contribution in [3.8, 4) is 0 Å². The van der Waals surface area contributed by atoms with Crippen LogP contribution in [0.15, 0.2) is 0 Å². The van der Waals surface area contributed by atoms with Crippen molar-refractivity contribution in [3.05, 3.63) is 0 Å². The van der Waals surface area contributed by atoms with E-state index < -0.39 is 23.5 Å². The molecule has 1 aliphatic heterocycles. The third kappa shape index (κ3) is 4.35. The lowest BCUT2D eigenvalue weighted by molar-refractivity contribution is -0.142. The molecule has 2 unspecified atom stereocenters. The maximum atomic E-state index is 12.1. The number of urea groups is 1. The first-order chi connectivity index (χ1) is 9.28. The Hall–Kier alpha value is -1.34. The molecule has 1 aliphatic rings. The van der Waals surface area contributed by atoms with Crippen LogP contribution in [-0.2, 0) is 14.3 Å². The fourth-order valence-corrected chi connectivity index (χ4v) is 2.17. The SMILES string of the molecule is CCOC(C)(C)CNC(=O)N(C)C1COCC1C(=O)O. The summed E-state index contributed by atoms with van der Waals surface area (Å²) in [5.74, 6) is -1.62. The monoisotopic (exact) mass is 288 g/mol. The largest absolute Gasteiger partial charge is 0.481 e. The summed E-state index contributed by atoms with van der Waals surface area (Å²) < 4.78 is 10.7. The summed E-state index contributed by atoms with van der Waals surface area (Å²) in [6, 6.07) is -0.762. The minimum absolute atomic E-state index is 0.141. The van der Waals surface area contributed by atoms with Crippen molar-refractivity contribution in [2.45, 2.75) is 32.4 Å². The van der Waals surface area contributed by atoms with Crippen LogP contribution >= 0.6 is 0 Å². The summed E-state index contributed by atoms with van der Waals surface area (Å²) >= 11 is 0. The van der Waals surface area contributed by atoms with Crippen LogP contribution in [-0.4, -0.2) is 67.1 Å². The molecule has 1 heterocycles. The number of carboxylic acid groups (broad SMARTS) is 1. The van der Waals surface area contributed by atoms with Gasteiger partial charge in [0.15, 0.2) is 0 Å². The van der Waals surface area contributed by atoms with Crippen molar-refractivity contribution in [3.63, 3.8) is 0 Å². The highest BCUT2D eigenvalue weighted by atomic mass is 16.5. The molecule has 7 heteroatoms. The Balaban J connectivity index is 2.52. The van der Waals surface area contributed by atoms with Crippen molar-refractivity contribution < 1.29 is 24.2 Å². The van der Waals surface area contributed by atoms with E-state index in [0.29, 0.717) is 13.2 Å². The minimum Gasteiger partial charge on any atom is -0.481 e. The number of rotatable bonds is 6. The Morgan fingerprint density at radius 3 is 2.65 bits per heavy atom. The van der Waals surface area contributed by atoms with E-state index in [0.717, 1.165) is 0 Å². The number of aliphatic carboxylic acids is 1. The van der Waals surface area contributed by atoms with Gasteiger partial charge in [0.25, 0.3) is 0 Å². The van der Waals surface area contributed by atoms with Gasteiger partial charge in [0.1, 0.15) is 5.92 Å². The Bertz CT molecular complexity index is 359. The van der Waals surface area contributed by atoms with Crippen molar-refractivity contribution in [1.82, 2.24) is 10.2 Å². The van der Waals surface area contributed by atoms with Gasteiger partial charge in [-0.25, -0.2) is 4.79 Å². The molecule has 0 aliphatic carbocycles. The second-order valence-corrected chi connectivity index (χ2v) is 5.51. The number of nitrogens with one attached hydrogen (secondary N) is 1. The molecule has 0 aromatic carbocycles. The van der Waals surface area contributed by atoms with Crippen LogP contribution in [0.5, 0.6) is 0 Å². The molecule has 0 saturated carbocycles. The van der Waals surface area contributed by atoms with Gasteiger partial charge in [0, 0.05) is 20.2 Å². The summed E-state index contributed by atoms with van der Waals surface area (Å²) in [6.45, 7) is 6.97. The first-order valence-corrected chi connectivity index (χ1v) is 6.73. The quantitative estimate of drug-likeness (QED) is 0.745. The van der Waals surface area contributed by atoms with Gasteiger partial charge in [-0.05, 0) is 20.8 Å². The predicted octanol–water partition coefficient (Wildman–Crippen LogP) is 0.543. The molecule has 7 nitrogen and oxygen atoms in total. The summed E-state index contributed by atoms with van der Waals surface area (Å²) in [5, 5.41) is 11.8. The van der Waals surface area contributed by atoms with Gasteiger partial charge in [-0.2, -0.15) is 0 Å². The number of hydrogen-bond donors (Lipinski definition) is 2. The second-order valence-electron chi connectivity index (χ2n) is 5.51. The van der Waals surface area contributed by atoms with Crippen molar-refractivity contribution in [2.24, 2.45) is 5.92 Å². The van der Waals surface area contributed by atoms with Crippen LogP contribution in [0.25, 0.3) is 0 Å². The molecule has 1 fully saturated rings. The lowest BCUT2D eigenvalue weighted by Crippen LogP contribution is -2.51. The first kappa shape index (κ1) is 16.7. The highest BCUT2D eigenvalue weighted by Gasteiger charge is 2.38. The maximum Gasteiger partial charge on any atom is 0.317 e. The van der Waals surface area contributed by atoms with Crippen molar-refractivity contribution >= 4 is 12.0 Å². The van der Waals surface area contributed by atoms with Gasteiger partial charge in [0.05, 0.1) is 24.9 Å². The Morgan fingerprint density at radius 1 is 1.45 bits per heavy atom. The van der Waals surface area contributed by atoms with Gasteiger partial charge in [0.2, 0.25) is 0 Å². The molecule has 0 bridgehead atoms. The van der Waals surface area contributed by atoms with Crippen molar-refractivity contribution in [2.75, 3.05) is 33.4 Å². The molecule has 0 aromatic rings. The van der Waals surface area contributed by atoms with E-state index in [-0.39, 0.29) is 19.2 Å². The van der Waals surface area contributed by atoms with E-state index >= 15 is 0 Å². The van der Waals surface area contributed by atoms with E-state index in [1.54, 1.807) is 7.05 Å².